The lowest BCUT2D eigenvalue weighted by Crippen LogP contribution is -2.55. The van der Waals surface area contributed by atoms with Crippen LogP contribution in [0.4, 0.5) is 10.1 Å². The molecular formula is C18H17Cl2FN2O. The van der Waals surface area contributed by atoms with Gasteiger partial charge >= 0.3 is 0 Å². The minimum Gasteiger partial charge on any atom is -0.310 e. The highest BCUT2D eigenvalue weighted by Crippen LogP contribution is 2.29. The van der Waals surface area contributed by atoms with Gasteiger partial charge in [0.25, 0.3) is 0 Å². The average Bonchev–Trinajstić information content (AvgIpc) is 2.57. The zero-order valence-corrected chi connectivity index (χ0v) is 14.7. The number of piperazine rings is 1. The second-order valence-corrected chi connectivity index (χ2v) is 6.64. The highest BCUT2D eigenvalue weighted by Gasteiger charge is 2.32. The van der Waals surface area contributed by atoms with Crippen molar-refractivity contribution in [2.75, 3.05) is 18.0 Å². The van der Waals surface area contributed by atoms with E-state index in [2.05, 4.69) is 0 Å². The van der Waals surface area contributed by atoms with Crippen molar-refractivity contribution in [3.8, 4) is 0 Å². The quantitative estimate of drug-likeness (QED) is 0.804. The van der Waals surface area contributed by atoms with E-state index in [0.717, 1.165) is 5.69 Å². The Bertz CT molecular complexity index is 768. The van der Waals surface area contributed by atoms with Crippen LogP contribution in [0.5, 0.6) is 0 Å². The molecule has 0 unspecified atom stereocenters. The Labute approximate surface area is 150 Å². The van der Waals surface area contributed by atoms with E-state index in [1.807, 2.05) is 11.8 Å². The standard InChI is InChI=1S/C18H17Cl2FN2O/c1-12-18(24)23(14-6-7-15(19)16(20)10-14)9-8-22(12)11-13-4-2-3-5-17(13)21/h2-7,10,12H,8-9,11H2,1H3/t12-/m0/s1. The van der Waals surface area contributed by atoms with Crippen molar-refractivity contribution in [1.82, 2.24) is 4.90 Å². The van der Waals surface area contributed by atoms with Crippen LogP contribution in [0.1, 0.15) is 12.5 Å². The van der Waals surface area contributed by atoms with Crippen LogP contribution in [-0.2, 0) is 11.3 Å². The van der Waals surface area contributed by atoms with Gasteiger partial charge in [-0.25, -0.2) is 4.39 Å². The Morgan fingerprint density at radius 2 is 1.88 bits per heavy atom. The zero-order chi connectivity index (χ0) is 17.3. The number of rotatable bonds is 3. The molecule has 1 saturated heterocycles. The fourth-order valence-electron chi connectivity index (χ4n) is 2.88. The molecule has 0 saturated carbocycles. The first kappa shape index (κ1) is 17.2. The van der Waals surface area contributed by atoms with E-state index in [4.69, 9.17) is 23.2 Å². The van der Waals surface area contributed by atoms with E-state index >= 15 is 0 Å². The second kappa shape index (κ2) is 7.09. The summed E-state index contributed by atoms with van der Waals surface area (Å²) in [6.45, 7) is 3.43. The number of carbonyl (C=O) groups excluding carboxylic acids is 1. The molecule has 1 atom stereocenters. The number of benzene rings is 2. The number of anilines is 1. The summed E-state index contributed by atoms with van der Waals surface area (Å²) < 4.78 is 13.8. The molecule has 1 fully saturated rings. The predicted octanol–water partition coefficient (Wildman–Crippen LogP) is 4.37. The summed E-state index contributed by atoms with van der Waals surface area (Å²) in [7, 11) is 0. The summed E-state index contributed by atoms with van der Waals surface area (Å²) in [5, 5.41) is 0.877. The maximum absolute atomic E-state index is 13.8. The molecule has 6 heteroatoms. The molecule has 3 nitrogen and oxygen atoms in total. The molecule has 1 aliphatic rings. The molecule has 0 radical (unpaired) electrons. The van der Waals surface area contributed by atoms with Crippen LogP contribution < -0.4 is 4.90 Å². The number of carbonyl (C=O) groups is 1. The van der Waals surface area contributed by atoms with E-state index in [9.17, 15) is 9.18 Å². The molecular weight excluding hydrogens is 350 g/mol. The summed E-state index contributed by atoms with van der Waals surface area (Å²) in [4.78, 5) is 16.4. The van der Waals surface area contributed by atoms with Crippen molar-refractivity contribution < 1.29 is 9.18 Å². The van der Waals surface area contributed by atoms with Gasteiger partial charge in [-0.2, -0.15) is 0 Å². The topological polar surface area (TPSA) is 23.6 Å². The predicted molar refractivity (Wildman–Crippen MR) is 95.1 cm³/mol. The van der Waals surface area contributed by atoms with Gasteiger partial charge in [-0.1, -0.05) is 41.4 Å². The summed E-state index contributed by atoms with van der Waals surface area (Å²) in [5.74, 6) is -0.278. The van der Waals surface area contributed by atoms with Crippen molar-refractivity contribution in [1.29, 1.82) is 0 Å². The molecule has 2 aromatic carbocycles. The molecule has 0 spiro atoms. The normalized spacial score (nSPS) is 18.9. The maximum atomic E-state index is 13.8. The van der Waals surface area contributed by atoms with Crippen LogP contribution >= 0.6 is 23.2 Å². The van der Waals surface area contributed by atoms with E-state index in [0.29, 0.717) is 35.2 Å². The lowest BCUT2D eigenvalue weighted by Gasteiger charge is -2.39. The van der Waals surface area contributed by atoms with Crippen LogP contribution in [0.15, 0.2) is 42.5 Å². The largest absolute Gasteiger partial charge is 0.310 e. The molecule has 2 aromatic rings. The number of amides is 1. The highest BCUT2D eigenvalue weighted by atomic mass is 35.5. The van der Waals surface area contributed by atoms with Crippen molar-refractivity contribution in [2.45, 2.75) is 19.5 Å². The monoisotopic (exact) mass is 366 g/mol. The smallest absolute Gasteiger partial charge is 0.244 e. The van der Waals surface area contributed by atoms with E-state index in [1.54, 1.807) is 41.3 Å². The van der Waals surface area contributed by atoms with Crippen LogP contribution in [0.25, 0.3) is 0 Å². The minimum absolute atomic E-state index is 0.0315. The summed E-state index contributed by atoms with van der Waals surface area (Å²) in [5.41, 5.74) is 1.33. The van der Waals surface area contributed by atoms with Gasteiger partial charge in [-0.05, 0) is 31.2 Å². The molecule has 0 aromatic heterocycles. The summed E-state index contributed by atoms with van der Waals surface area (Å²) >= 11 is 12.0. The Kier molecular flexibility index (Phi) is 5.09. The fraction of sp³-hybridized carbons (Fsp3) is 0.278. The van der Waals surface area contributed by atoms with Gasteiger partial charge in [0.2, 0.25) is 5.91 Å². The summed E-state index contributed by atoms with van der Waals surface area (Å²) in [6, 6.07) is 11.5. The van der Waals surface area contributed by atoms with Gasteiger partial charge in [0.1, 0.15) is 5.82 Å². The maximum Gasteiger partial charge on any atom is 0.244 e. The molecule has 0 N–H and O–H groups in total. The van der Waals surface area contributed by atoms with Gasteiger partial charge < -0.3 is 4.90 Å². The van der Waals surface area contributed by atoms with Crippen molar-refractivity contribution >= 4 is 34.8 Å². The molecule has 126 valence electrons. The Balaban J connectivity index is 1.76. The van der Waals surface area contributed by atoms with Crippen molar-refractivity contribution in [3.63, 3.8) is 0 Å². The summed E-state index contributed by atoms with van der Waals surface area (Å²) in [6.07, 6.45) is 0. The van der Waals surface area contributed by atoms with E-state index in [1.165, 1.54) is 6.07 Å². The van der Waals surface area contributed by atoms with Crippen molar-refractivity contribution in [3.05, 3.63) is 63.9 Å². The number of hydrogen-bond acceptors (Lipinski definition) is 2. The first-order valence-electron chi connectivity index (χ1n) is 7.71. The van der Waals surface area contributed by atoms with Crippen LogP contribution in [0.2, 0.25) is 10.0 Å². The Hall–Kier alpha value is -1.62. The molecule has 1 amide bonds. The van der Waals surface area contributed by atoms with Gasteiger partial charge in [0.05, 0.1) is 16.1 Å². The van der Waals surface area contributed by atoms with Crippen LogP contribution in [0.3, 0.4) is 0 Å². The molecule has 24 heavy (non-hydrogen) atoms. The van der Waals surface area contributed by atoms with Crippen LogP contribution in [0, 0.1) is 5.82 Å². The molecule has 3 rings (SSSR count). The molecule has 1 heterocycles. The van der Waals surface area contributed by atoms with Crippen molar-refractivity contribution in [2.24, 2.45) is 0 Å². The van der Waals surface area contributed by atoms with Crippen LogP contribution in [-0.4, -0.2) is 29.9 Å². The molecule has 1 aliphatic heterocycles. The minimum atomic E-state index is -0.340. The Morgan fingerprint density at radius 1 is 1.12 bits per heavy atom. The third-order valence-corrected chi connectivity index (χ3v) is 5.07. The number of hydrogen-bond donors (Lipinski definition) is 0. The highest BCUT2D eigenvalue weighted by molar-refractivity contribution is 6.42. The van der Waals surface area contributed by atoms with Gasteiger partial charge in [0, 0.05) is 30.9 Å². The molecule has 0 aliphatic carbocycles. The average molecular weight is 367 g/mol. The van der Waals surface area contributed by atoms with E-state index in [-0.39, 0.29) is 17.8 Å². The van der Waals surface area contributed by atoms with Gasteiger partial charge in [-0.3, -0.25) is 9.69 Å². The molecule has 0 bridgehead atoms. The lowest BCUT2D eigenvalue weighted by molar-refractivity contribution is -0.125. The van der Waals surface area contributed by atoms with E-state index < -0.39 is 0 Å². The third-order valence-electron chi connectivity index (χ3n) is 4.33. The number of halogens is 3. The first-order chi connectivity index (χ1) is 11.5. The first-order valence-corrected chi connectivity index (χ1v) is 8.47. The second-order valence-electron chi connectivity index (χ2n) is 5.83. The fourth-order valence-corrected chi connectivity index (χ4v) is 3.18. The number of nitrogens with zero attached hydrogens (tertiary/aromatic N) is 2. The Morgan fingerprint density at radius 3 is 2.58 bits per heavy atom. The SMILES string of the molecule is C[C@H]1C(=O)N(c2ccc(Cl)c(Cl)c2)CCN1Cc1ccccc1F. The third kappa shape index (κ3) is 3.41. The zero-order valence-electron chi connectivity index (χ0n) is 13.2. The van der Waals surface area contributed by atoms with Gasteiger partial charge in [-0.15, -0.1) is 0 Å². The van der Waals surface area contributed by atoms with Gasteiger partial charge in [0.15, 0.2) is 0 Å². The lowest BCUT2D eigenvalue weighted by atomic mass is 10.1.